The molecule has 0 spiro atoms. The van der Waals surface area contributed by atoms with E-state index in [2.05, 4.69) is 15.0 Å². The maximum atomic E-state index is 13.6. The number of imidazole rings is 1. The van der Waals surface area contributed by atoms with Gasteiger partial charge in [-0.3, -0.25) is 19.5 Å². The third-order valence-electron chi connectivity index (χ3n) is 4.70. The highest BCUT2D eigenvalue weighted by molar-refractivity contribution is 5.92. The highest BCUT2D eigenvalue weighted by atomic mass is 19.3. The quantitative estimate of drug-likeness (QED) is 0.202. The van der Waals surface area contributed by atoms with Crippen molar-refractivity contribution in [2.24, 2.45) is 0 Å². The number of nitrogens with one attached hydrogen (secondary N) is 1. The molecule has 9 nitrogen and oxygen atoms in total. The molecule has 1 N–H and O–H groups in total. The fourth-order valence-electron chi connectivity index (χ4n) is 3.27. The van der Waals surface area contributed by atoms with Crippen LogP contribution in [-0.2, 0) is 4.79 Å². The van der Waals surface area contributed by atoms with Gasteiger partial charge in [0.25, 0.3) is 5.69 Å². The summed E-state index contributed by atoms with van der Waals surface area (Å²) in [6, 6.07) is 7.11. The van der Waals surface area contributed by atoms with Gasteiger partial charge < -0.3 is 14.8 Å². The first-order chi connectivity index (χ1) is 16.1. The standard InChI is InChI=1S/C21H18F4N4O5/c1-11(19-27-13-5-3-4-6-14(13)28(19)20(22)23)26-18(30)8-7-12-9-16(33-2)17(34-21(24)25)10-15(12)29(31)32/h3-11,20-21H,1-2H3,(H,26,30)/b8-7+. The number of nitro benzene ring substituents is 1. The van der Waals surface area contributed by atoms with E-state index in [9.17, 15) is 32.5 Å². The molecule has 180 valence electrons. The van der Waals surface area contributed by atoms with E-state index in [0.717, 1.165) is 31.4 Å². The summed E-state index contributed by atoms with van der Waals surface area (Å²) in [5.74, 6) is -1.61. The molecule has 0 saturated carbocycles. The van der Waals surface area contributed by atoms with Crippen molar-refractivity contribution in [2.75, 3.05) is 7.11 Å². The van der Waals surface area contributed by atoms with Crippen LogP contribution >= 0.6 is 0 Å². The first-order valence-corrected chi connectivity index (χ1v) is 9.67. The van der Waals surface area contributed by atoms with Crippen LogP contribution in [0.2, 0.25) is 0 Å². The Morgan fingerprint density at radius 1 is 1.21 bits per heavy atom. The SMILES string of the molecule is COc1cc(/C=C/C(=O)NC(C)c2nc3ccccc3n2C(F)F)c([N+](=O)[O-])cc1OC(F)F. The molecule has 3 aromatic rings. The number of nitro groups is 1. The second kappa shape index (κ2) is 10.2. The number of benzene rings is 2. The number of methoxy groups -OCH3 is 1. The van der Waals surface area contributed by atoms with Crippen molar-refractivity contribution >= 4 is 28.7 Å². The molecule has 0 saturated heterocycles. The summed E-state index contributed by atoms with van der Waals surface area (Å²) >= 11 is 0. The van der Waals surface area contributed by atoms with E-state index in [-0.39, 0.29) is 22.7 Å². The van der Waals surface area contributed by atoms with Gasteiger partial charge in [-0.05, 0) is 31.2 Å². The number of fused-ring (bicyclic) bond motifs is 1. The summed E-state index contributed by atoms with van der Waals surface area (Å²) in [5.41, 5.74) is -0.236. The number of alkyl halides is 4. The minimum Gasteiger partial charge on any atom is -0.493 e. The molecule has 2 aromatic carbocycles. The van der Waals surface area contributed by atoms with Crippen molar-refractivity contribution in [1.82, 2.24) is 14.9 Å². The Hall–Kier alpha value is -4.16. The summed E-state index contributed by atoms with van der Waals surface area (Å²) < 4.78 is 62.2. The van der Waals surface area contributed by atoms with E-state index >= 15 is 0 Å². The summed E-state index contributed by atoms with van der Waals surface area (Å²) in [7, 11) is 1.15. The molecule has 1 unspecified atom stereocenters. The number of para-hydroxylation sites is 2. The molecule has 0 bridgehead atoms. The van der Waals surface area contributed by atoms with Gasteiger partial charge >= 0.3 is 13.2 Å². The van der Waals surface area contributed by atoms with E-state index in [1.165, 1.54) is 13.0 Å². The Balaban J connectivity index is 1.86. The van der Waals surface area contributed by atoms with Gasteiger partial charge in [0.1, 0.15) is 5.82 Å². The molecule has 0 radical (unpaired) electrons. The lowest BCUT2D eigenvalue weighted by Crippen LogP contribution is -2.27. The molecule has 0 fully saturated rings. The van der Waals surface area contributed by atoms with Gasteiger partial charge in [0.2, 0.25) is 5.91 Å². The zero-order chi connectivity index (χ0) is 25.0. The lowest BCUT2D eigenvalue weighted by molar-refractivity contribution is -0.385. The number of ether oxygens (including phenoxy) is 2. The first-order valence-electron chi connectivity index (χ1n) is 9.67. The fourth-order valence-corrected chi connectivity index (χ4v) is 3.27. The predicted octanol–water partition coefficient (Wildman–Crippen LogP) is 4.84. The van der Waals surface area contributed by atoms with Gasteiger partial charge in [0.05, 0.1) is 40.7 Å². The molecule has 1 heterocycles. The second-order valence-corrected chi connectivity index (χ2v) is 6.87. The minimum atomic E-state index is -3.24. The van der Waals surface area contributed by atoms with Crippen LogP contribution in [0.15, 0.2) is 42.5 Å². The van der Waals surface area contributed by atoms with E-state index in [1.54, 1.807) is 18.2 Å². The van der Waals surface area contributed by atoms with Crippen LogP contribution in [0.3, 0.4) is 0 Å². The van der Waals surface area contributed by atoms with Gasteiger partial charge in [0, 0.05) is 6.08 Å². The lowest BCUT2D eigenvalue weighted by atomic mass is 10.1. The monoisotopic (exact) mass is 482 g/mol. The molecule has 0 aliphatic carbocycles. The molecule has 0 aliphatic rings. The highest BCUT2D eigenvalue weighted by Crippen LogP contribution is 2.36. The van der Waals surface area contributed by atoms with Crippen molar-refractivity contribution < 1.29 is 36.8 Å². The number of carbonyl (C=O) groups is 1. The molecule has 34 heavy (non-hydrogen) atoms. The van der Waals surface area contributed by atoms with Crippen LogP contribution < -0.4 is 14.8 Å². The number of halogens is 4. The molecule has 0 aliphatic heterocycles. The van der Waals surface area contributed by atoms with Crippen molar-refractivity contribution in [3.8, 4) is 11.5 Å². The third kappa shape index (κ3) is 5.24. The van der Waals surface area contributed by atoms with E-state index in [4.69, 9.17) is 4.74 Å². The largest absolute Gasteiger partial charge is 0.493 e. The number of aromatic nitrogens is 2. The van der Waals surface area contributed by atoms with Crippen LogP contribution in [0.5, 0.6) is 11.5 Å². The fraction of sp³-hybridized carbons (Fsp3) is 0.238. The molecule has 13 heteroatoms. The van der Waals surface area contributed by atoms with Gasteiger partial charge in [0.15, 0.2) is 11.5 Å². The summed E-state index contributed by atoms with van der Waals surface area (Å²) in [6.45, 7) is -4.69. The normalized spacial score (nSPS) is 12.5. The van der Waals surface area contributed by atoms with Crippen LogP contribution in [0.25, 0.3) is 17.1 Å². The van der Waals surface area contributed by atoms with Crippen LogP contribution in [-0.4, -0.2) is 34.1 Å². The topological polar surface area (TPSA) is 109 Å². The smallest absolute Gasteiger partial charge is 0.387 e. The number of carbonyl (C=O) groups excluding carboxylic acids is 1. The molecular formula is C21H18F4N4O5. The maximum Gasteiger partial charge on any atom is 0.387 e. The van der Waals surface area contributed by atoms with Crippen LogP contribution in [0.1, 0.15) is 30.9 Å². The number of amides is 1. The Bertz CT molecular complexity index is 1250. The minimum absolute atomic E-state index is 0.0842. The number of hydrogen-bond donors (Lipinski definition) is 1. The van der Waals surface area contributed by atoms with Gasteiger partial charge in [-0.2, -0.15) is 17.6 Å². The summed E-state index contributed by atoms with van der Waals surface area (Å²) in [4.78, 5) is 27.1. The average molecular weight is 482 g/mol. The Morgan fingerprint density at radius 3 is 2.53 bits per heavy atom. The second-order valence-electron chi connectivity index (χ2n) is 6.87. The maximum absolute atomic E-state index is 13.6. The Morgan fingerprint density at radius 2 is 1.91 bits per heavy atom. The molecule has 1 amide bonds. The Kier molecular flexibility index (Phi) is 7.34. The molecular weight excluding hydrogens is 464 g/mol. The summed E-state index contributed by atoms with van der Waals surface area (Å²) in [6.07, 6.45) is 1.99. The number of rotatable bonds is 9. The third-order valence-corrected chi connectivity index (χ3v) is 4.70. The van der Waals surface area contributed by atoms with Crippen LogP contribution in [0, 0.1) is 10.1 Å². The van der Waals surface area contributed by atoms with Crippen molar-refractivity contribution in [3.05, 3.63) is 64.0 Å². The van der Waals surface area contributed by atoms with Crippen molar-refractivity contribution in [3.63, 3.8) is 0 Å². The zero-order valence-corrected chi connectivity index (χ0v) is 17.7. The van der Waals surface area contributed by atoms with E-state index in [1.807, 2.05) is 0 Å². The summed E-state index contributed by atoms with van der Waals surface area (Å²) in [5, 5.41) is 13.8. The molecule has 1 atom stereocenters. The first kappa shape index (κ1) is 24.5. The van der Waals surface area contributed by atoms with Gasteiger partial charge in [-0.1, -0.05) is 12.1 Å². The van der Waals surface area contributed by atoms with Crippen LogP contribution in [0.4, 0.5) is 23.2 Å². The van der Waals surface area contributed by atoms with Gasteiger partial charge in [-0.15, -0.1) is 0 Å². The van der Waals surface area contributed by atoms with Gasteiger partial charge in [-0.25, -0.2) is 4.98 Å². The van der Waals surface area contributed by atoms with Crippen molar-refractivity contribution in [2.45, 2.75) is 26.1 Å². The molecule has 1 aromatic heterocycles. The zero-order valence-electron chi connectivity index (χ0n) is 17.7. The highest BCUT2D eigenvalue weighted by Gasteiger charge is 2.23. The number of nitrogens with zero attached hydrogens (tertiary/aromatic N) is 3. The number of hydrogen-bond acceptors (Lipinski definition) is 6. The van der Waals surface area contributed by atoms with E-state index in [0.29, 0.717) is 10.1 Å². The predicted molar refractivity (Wildman–Crippen MR) is 113 cm³/mol. The van der Waals surface area contributed by atoms with E-state index < -0.39 is 41.5 Å². The lowest BCUT2D eigenvalue weighted by Gasteiger charge is -2.15. The average Bonchev–Trinajstić information content (AvgIpc) is 3.17. The van der Waals surface area contributed by atoms with Crippen molar-refractivity contribution in [1.29, 1.82) is 0 Å². The molecule has 3 rings (SSSR count). The Labute approximate surface area is 189 Å².